The van der Waals surface area contributed by atoms with Gasteiger partial charge in [0.25, 0.3) is 0 Å². The molecule has 2 heterocycles. The number of phenolic OH excluding ortho intramolecular Hbond substituents is 1. The highest BCUT2D eigenvalue weighted by Gasteiger charge is 2.19. The van der Waals surface area contributed by atoms with E-state index in [1.165, 1.54) is 16.7 Å². The second-order valence-corrected chi connectivity index (χ2v) is 7.73. The molecule has 4 rings (SSSR count). The number of fused-ring (bicyclic) bond motifs is 1. The topological polar surface area (TPSA) is 39.6 Å². The Kier molecular flexibility index (Phi) is 4.36. The number of benzene rings is 2. The zero-order valence-electron chi connectivity index (χ0n) is 14.7. The van der Waals surface area contributed by atoms with Crippen molar-refractivity contribution in [3.05, 3.63) is 52.5 Å². The van der Waals surface area contributed by atoms with Crippen LogP contribution < -0.4 is 4.90 Å². The van der Waals surface area contributed by atoms with Gasteiger partial charge >= 0.3 is 0 Å². The molecule has 0 radical (unpaired) electrons. The normalized spacial score (nSPS) is 15.8. The summed E-state index contributed by atoms with van der Waals surface area (Å²) >= 11 is 1.58. The fourth-order valence-corrected chi connectivity index (χ4v) is 4.17. The van der Waals surface area contributed by atoms with Gasteiger partial charge in [-0.15, -0.1) is 11.3 Å². The van der Waals surface area contributed by atoms with Crippen LogP contribution >= 0.6 is 11.3 Å². The van der Waals surface area contributed by atoms with Gasteiger partial charge in [0.2, 0.25) is 0 Å². The molecule has 1 aliphatic heterocycles. The Bertz CT molecular complexity index is 897. The second kappa shape index (κ2) is 6.65. The molecule has 1 N–H and O–H groups in total. The molecule has 25 heavy (non-hydrogen) atoms. The zero-order valence-corrected chi connectivity index (χ0v) is 15.5. The van der Waals surface area contributed by atoms with Crippen molar-refractivity contribution >= 4 is 27.2 Å². The van der Waals surface area contributed by atoms with E-state index in [9.17, 15) is 5.11 Å². The molecule has 1 saturated heterocycles. The summed E-state index contributed by atoms with van der Waals surface area (Å²) in [6.07, 6.45) is 0. The number of phenols is 1. The van der Waals surface area contributed by atoms with Crippen LogP contribution in [0.3, 0.4) is 0 Å². The maximum atomic E-state index is 10.2. The summed E-state index contributed by atoms with van der Waals surface area (Å²) < 4.78 is 1.05. The third-order valence-electron chi connectivity index (χ3n) is 5.12. The molecule has 0 atom stereocenters. The zero-order chi connectivity index (χ0) is 17.4. The van der Waals surface area contributed by atoms with Crippen molar-refractivity contribution in [2.24, 2.45) is 0 Å². The summed E-state index contributed by atoms with van der Waals surface area (Å²) in [5.74, 6) is 0.284. The summed E-state index contributed by atoms with van der Waals surface area (Å²) in [6.45, 7) is 9.38. The van der Waals surface area contributed by atoms with Crippen LogP contribution in [-0.2, 0) is 6.54 Å². The maximum absolute atomic E-state index is 10.2. The van der Waals surface area contributed by atoms with Crippen LogP contribution in [0.1, 0.15) is 16.7 Å². The van der Waals surface area contributed by atoms with Gasteiger partial charge < -0.3 is 10.0 Å². The van der Waals surface area contributed by atoms with Crippen LogP contribution in [0.4, 0.5) is 5.69 Å². The molecular formula is C20H23N3OS. The lowest BCUT2D eigenvalue weighted by molar-refractivity contribution is 0.250. The number of aromatic nitrogens is 1. The smallest absolute Gasteiger partial charge is 0.144 e. The molecule has 4 nitrogen and oxygen atoms in total. The number of anilines is 1. The minimum atomic E-state index is 0.284. The van der Waals surface area contributed by atoms with Crippen LogP contribution in [0, 0.1) is 13.8 Å². The molecule has 130 valence electrons. The van der Waals surface area contributed by atoms with E-state index in [0.717, 1.165) is 43.1 Å². The van der Waals surface area contributed by atoms with Gasteiger partial charge in [0.1, 0.15) is 11.3 Å². The van der Waals surface area contributed by atoms with Gasteiger partial charge in [-0.1, -0.05) is 18.2 Å². The fraction of sp³-hybridized carbons (Fsp3) is 0.350. The van der Waals surface area contributed by atoms with Crippen LogP contribution in [0.15, 0.2) is 35.8 Å². The number of piperazine rings is 1. The highest BCUT2D eigenvalue weighted by molar-refractivity contribution is 7.16. The van der Waals surface area contributed by atoms with Crippen molar-refractivity contribution in [3.63, 3.8) is 0 Å². The Morgan fingerprint density at radius 1 is 1.04 bits per heavy atom. The predicted molar refractivity (Wildman–Crippen MR) is 105 cm³/mol. The van der Waals surface area contributed by atoms with Gasteiger partial charge in [0, 0.05) is 44.5 Å². The van der Waals surface area contributed by atoms with Gasteiger partial charge in [-0.25, -0.2) is 4.98 Å². The van der Waals surface area contributed by atoms with E-state index in [0.29, 0.717) is 5.52 Å². The van der Waals surface area contributed by atoms with Gasteiger partial charge in [0.05, 0.1) is 10.2 Å². The van der Waals surface area contributed by atoms with E-state index in [4.69, 9.17) is 0 Å². The number of hydrogen-bond donors (Lipinski definition) is 1. The maximum Gasteiger partial charge on any atom is 0.144 e. The number of thiazole rings is 1. The molecule has 0 bridgehead atoms. The average molecular weight is 353 g/mol. The molecule has 3 aromatic rings. The van der Waals surface area contributed by atoms with Crippen LogP contribution in [0.2, 0.25) is 0 Å². The first-order chi connectivity index (χ1) is 12.1. The lowest BCUT2D eigenvalue weighted by Crippen LogP contribution is -2.45. The fourth-order valence-electron chi connectivity index (χ4n) is 3.44. The largest absolute Gasteiger partial charge is 0.506 e. The third-order valence-corrected chi connectivity index (χ3v) is 5.89. The van der Waals surface area contributed by atoms with E-state index in [-0.39, 0.29) is 5.75 Å². The molecule has 0 spiro atoms. The molecule has 1 aromatic heterocycles. The minimum Gasteiger partial charge on any atom is -0.506 e. The van der Waals surface area contributed by atoms with Crippen molar-refractivity contribution in [1.29, 1.82) is 0 Å². The third kappa shape index (κ3) is 3.34. The van der Waals surface area contributed by atoms with Crippen LogP contribution in [0.5, 0.6) is 5.75 Å². The average Bonchev–Trinajstić information content (AvgIpc) is 3.08. The van der Waals surface area contributed by atoms with Crippen molar-refractivity contribution in [1.82, 2.24) is 9.88 Å². The first-order valence-electron chi connectivity index (χ1n) is 8.70. The number of rotatable bonds is 3. The molecule has 1 aliphatic rings. The van der Waals surface area contributed by atoms with Gasteiger partial charge in [0.15, 0.2) is 0 Å². The highest BCUT2D eigenvalue weighted by Crippen LogP contribution is 2.32. The Morgan fingerprint density at radius 3 is 2.60 bits per heavy atom. The van der Waals surface area contributed by atoms with Crippen molar-refractivity contribution in [3.8, 4) is 5.75 Å². The highest BCUT2D eigenvalue weighted by atomic mass is 32.1. The van der Waals surface area contributed by atoms with E-state index < -0.39 is 0 Å². The van der Waals surface area contributed by atoms with Crippen molar-refractivity contribution in [2.75, 3.05) is 31.1 Å². The summed E-state index contributed by atoms with van der Waals surface area (Å²) in [7, 11) is 0. The van der Waals surface area contributed by atoms with E-state index in [2.05, 4.69) is 52.9 Å². The lowest BCUT2D eigenvalue weighted by atomic mass is 10.1. The van der Waals surface area contributed by atoms with Crippen molar-refractivity contribution < 1.29 is 5.11 Å². The quantitative estimate of drug-likeness (QED) is 0.774. The first-order valence-corrected chi connectivity index (χ1v) is 9.58. The molecule has 0 saturated carbocycles. The SMILES string of the molecule is Cc1ccc(CN2CCN(c3cc(O)c4ncsc4c3)CC2)cc1C. The van der Waals surface area contributed by atoms with Gasteiger partial charge in [-0.2, -0.15) is 0 Å². The predicted octanol–water partition coefficient (Wildman–Crippen LogP) is 3.94. The van der Waals surface area contributed by atoms with Crippen LogP contribution in [0.25, 0.3) is 10.2 Å². The molecule has 5 heteroatoms. The van der Waals surface area contributed by atoms with E-state index in [1.54, 1.807) is 16.8 Å². The second-order valence-electron chi connectivity index (χ2n) is 6.85. The number of nitrogens with zero attached hydrogens (tertiary/aromatic N) is 3. The van der Waals surface area contributed by atoms with E-state index in [1.807, 2.05) is 6.07 Å². The Balaban J connectivity index is 1.42. The molecule has 0 unspecified atom stereocenters. The standard InChI is InChI=1S/C20H23N3OS/c1-14-3-4-16(9-15(14)2)12-22-5-7-23(8-6-22)17-10-18(24)20-19(11-17)25-13-21-20/h3-4,9-11,13,24H,5-8,12H2,1-2H3. The van der Waals surface area contributed by atoms with Crippen LogP contribution in [-0.4, -0.2) is 41.2 Å². The summed E-state index contributed by atoms with van der Waals surface area (Å²) in [5, 5.41) is 10.2. The lowest BCUT2D eigenvalue weighted by Gasteiger charge is -2.36. The Hall–Kier alpha value is -2.11. The monoisotopic (exact) mass is 353 g/mol. The molecule has 2 aromatic carbocycles. The number of aryl methyl sites for hydroxylation is 2. The molecule has 0 aliphatic carbocycles. The Morgan fingerprint density at radius 2 is 1.84 bits per heavy atom. The number of aromatic hydroxyl groups is 1. The summed E-state index contributed by atoms with van der Waals surface area (Å²) in [4.78, 5) is 9.08. The summed E-state index contributed by atoms with van der Waals surface area (Å²) in [6, 6.07) is 10.8. The first kappa shape index (κ1) is 16.4. The molecule has 0 amide bonds. The van der Waals surface area contributed by atoms with Gasteiger partial charge in [-0.05, 0) is 36.6 Å². The summed E-state index contributed by atoms with van der Waals surface area (Å²) in [5.41, 5.74) is 7.70. The Labute approximate surface area is 152 Å². The number of hydrogen-bond acceptors (Lipinski definition) is 5. The molecule has 1 fully saturated rings. The molecular weight excluding hydrogens is 330 g/mol. The van der Waals surface area contributed by atoms with Crippen molar-refractivity contribution in [2.45, 2.75) is 20.4 Å². The van der Waals surface area contributed by atoms with Gasteiger partial charge in [-0.3, -0.25) is 4.90 Å². The van der Waals surface area contributed by atoms with E-state index >= 15 is 0 Å². The minimum absolute atomic E-state index is 0.284.